The number of hydrogen-bond acceptors (Lipinski definition) is 4. The van der Waals surface area contributed by atoms with Gasteiger partial charge < -0.3 is 14.7 Å². The van der Waals surface area contributed by atoms with Gasteiger partial charge >= 0.3 is 0 Å². The average molecular weight is 304 g/mol. The van der Waals surface area contributed by atoms with Crippen molar-refractivity contribution in [1.29, 1.82) is 0 Å². The molecule has 4 aromatic rings. The molecular weight excluding hydrogens is 288 g/mol. The first-order valence-electron chi connectivity index (χ1n) is 7.47. The number of imidazole rings is 1. The Morgan fingerprint density at radius 3 is 2.65 bits per heavy atom. The van der Waals surface area contributed by atoms with Gasteiger partial charge in [-0.1, -0.05) is 24.3 Å². The number of hydrogen-bond donors (Lipinski definition) is 1. The lowest BCUT2D eigenvalue weighted by atomic mass is 10.1. The van der Waals surface area contributed by atoms with Crippen molar-refractivity contribution in [2.45, 2.75) is 13.1 Å². The van der Waals surface area contributed by atoms with Crippen molar-refractivity contribution in [3.05, 3.63) is 72.4 Å². The van der Waals surface area contributed by atoms with Gasteiger partial charge in [-0.05, 0) is 29.8 Å². The highest BCUT2D eigenvalue weighted by Gasteiger charge is 2.07. The van der Waals surface area contributed by atoms with Crippen molar-refractivity contribution in [3.63, 3.8) is 0 Å². The molecule has 0 saturated carbocycles. The molecule has 2 N–H and O–H groups in total. The number of nitrogens with two attached hydrogens (primary N) is 1. The highest BCUT2D eigenvalue weighted by molar-refractivity contribution is 5.75. The Bertz CT molecular complexity index is 937. The molecule has 0 aliphatic carbocycles. The zero-order chi connectivity index (χ0) is 15.6. The van der Waals surface area contributed by atoms with E-state index < -0.39 is 0 Å². The third-order valence-corrected chi connectivity index (χ3v) is 3.84. The van der Waals surface area contributed by atoms with Gasteiger partial charge in [-0.2, -0.15) is 0 Å². The Morgan fingerprint density at radius 2 is 1.87 bits per heavy atom. The molecule has 0 saturated heterocycles. The maximum Gasteiger partial charge on any atom is 0.226 e. The van der Waals surface area contributed by atoms with Gasteiger partial charge in [0, 0.05) is 18.7 Å². The first kappa shape index (κ1) is 13.7. The van der Waals surface area contributed by atoms with Gasteiger partial charge in [0.25, 0.3) is 0 Å². The number of nitrogens with zero attached hydrogens (tertiary/aromatic N) is 3. The van der Waals surface area contributed by atoms with E-state index in [4.69, 9.17) is 10.2 Å². The molecule has 0 aliphatic heterocycles. The van der Waals surface area contributed by atoms with Crippen LogP contribution >= 0.6 is 0 Å². The predicted octanol–water partition coefficient (Wildman–Crippen LogP) is 3.20. The first-order valence-corrected chi connectivity index (χ1v) is 7.47. The van der Waals surface area contributed by atoms with E-state index in [2.05, 4.69) is 32.7 Å². The van der Waals surface area contributed by atoms with E-state index in [1.807, 2.05) is 36.7 Å². The van der Waals surface area contributed by atoms with Crippen LogP contribution in [0.1, 0.15) is 11.3 Å². The third kappa shape index (κ3) is 2.62. The van der Waals surface area contributed by atoms with Crippen molar-refractivity contribution in [1.82, 2.24) is 14.5 Å². The lowest BCUT2D eigenvalue weighted by molar-refractivity contribution is 0.572. The Labute approximate surface area is 133 Å². The Hall–Kier alpha value is -2.92. The van der Waals surface area contributed by atoms with Crippen LogP contribution in [-0.2, 0) is 13.1 Å². The lowest BCUT2D eigenvalue weighted by Gasteiger charge is -2.05. The first-order chi connectivity index (χ1) is 11.3. The number of rotatable bonds is 4. The fourth-order valence-electron chi connectivity index (χ4n) is 2.62. The van der Waals surface area contributed by atoms with Crippen LogP contribution in [0.25, 0.3) is 22.5 Å². The maximum absolute atomic E-state index is 5.56. The summed E-state index contributed by atoms with van der Waals surface area (Å²) in [5.41, 5.74) is 10.6. The number of fused-ring (bicyclic) bond motifs is 1. The minimum atomic E-state index is 0.384. The van der Waals surface area contributed by atoms with Gasteiger partial charge in [0.15, 0.2) is 0 Å². The Morgan fingerprint density at radius 1 is 1.04 bits per heavy atom. The number of oxazole rings is 1. The minimum absolute atomic E-state index is 0.384. The van der Waals surface area contributed by atoms with E-state index in [1.54, 1.807) is 6.26 Å². The van der Waals surface area contributed by atoms with Gasteiger partial charge in [-0.3, -0.25) is 0 Å². The second-order valence-electron chi connectivity index (χ2n) is 5.41. The zero-order valence-electron chi connectivity index (χ0n) is 12.5. The summed E-state index contributed by atoms with van der Waals surface area (Å²) in [5, 5.41) is 0. The monoisotopic (exact) mass is 304 g/mol. The van der Waals surface area contributed by atoms with Gasteiger partial charge in [0.05, 0.1) is 23.1 Å². The molecule has 4 rings (SSSR count). The largest absolute Gasteiger partial charge is 0.444 e. The molecule has 0 unspecified atom stereocenters. The van der Waals surface area contributed by atoms with E-state index in [9.17, 15) is 0 Å². The summed E-state index contributed by atoms with van der Waals surface area (Å²) in [5.74, 6) is 0.602. The van der Waals surface area contributed by atoms with E-state index in [1.165, 1.54) is 5.56 Å². The molecule has 0 fully saturated rings. The Kier molecular flexibility index (Phi) is 3.40. The lowest BCUT2D eigenvalue weighted by Crippen LogP contribution is -1.98. The fraction of sp³-hybridized carbons (Fsp3) is 0.111. The summed E-state index contributed by atoms with van der Waals surface area (Å²) in [6.07, 6.45) is 3.47. The summed E-state index contributed by atoms with van der Waals surface area (Å²) >= 11 is 0. The van der Waals surface area contributed by atoms with Crippen molar-refractivity contribution in [2.75, 3.05) is 0 Å². The van der Waals surface area contributed by atoms with Crippen LogP contribution in [0.15, 0.2) is 65.5 Å². The molecule has 2 heterocycles. The third-order valence-electron chi connectivity index (χ3n) is 3.84. The molecule has 5 nitrogen and oxygen atoms in total. The van der Waals surface area contributed by atoms with Gasteiger partial charge in [0.2, 0.25) is 5.89 Å². The van der Waals surface area contributed by atoms with Crippen LogP contribution in [0.2, 0.25) is 0 Å². The molecule has 5 heteroatoms. The highest BCUT2D eigenvalue weighted by atomic mass is 16.3. The number of para-hydroxylation sites is 2. The smallest absolute Gasteiger partial charge is 0.226 e. The molecule has 23 heavy (non-hydrogen) atoms. The van der Waals surface area contributed by atoms with Crippen molar-refractivity contribution >= 4 is 11.0 Å². The minimum Gasteiger partial charge on any atom is -0.444 e. The molecule has 114 valence electrons. The molecule has 0 aliphatic rings. The second-order valence-corrected chi connectivity index (χ2v) is 5.41. The Balaban J connectivity index is 1.58. The van der Waals surface area contributed by atoms with E-state index in [0.29, 0.717) is 12.4 Å². The van der Waals surface area contributed by atoms with Crippen molar-refractivity contribution in [3.8, 4) is 11.5 Å². The van der Waals surface area contributed by atoms with Crippen LogP contribution in [0.4, 0.5) is 0 Å². The van der Waals surface area contributed by atoms with Crippen LogP contribution in [0, 0.1) is 0 Å². The normalized spacial score (nSPS) is 11.2. The van der Waals surface area contributed by atoms with E-state index >= 15 is 0 Å². The van der Waals surface area contributed by atoms with Gasteiger partial charge in [-0.25, -0.2) is 9.97 Å². The highest BCUT2D eigenvalue weighted by Crippen LogP contribution is 2.20. The molecule has 0 spiro atoms. The van der Waals surface area contributed by atoms with Gasteiger partial charge in [0.1, 0.15) is 6.26 Å². The molecule has 0 bridgehead atoms. The maximum atomic E-state index is 5.56. The van der Waals surface area contributed by atoms with Crippen molar-refractivity contribution < 1.29 is 4.42 Å². The summed E-state index contributed by atoms with van der Waals surface area (Å²) < 4.78 is 7.58. The van der Waals surface area contributed by atoms with E-state index in [0.717, 1.165) is 28.8 Å². The van der Waals surface area contributed by atoms with E-state index in [-0.39, 0.29) is 0 Å². The van der Waals surface area contributed by atoms with Crippen LogP contribution in [0.3, 0.4) is 0 Å². The van der Waals surface area contributed by atoms with Crippen LogP contribution in [-0.4, -0.2) is 14.5 Å². The molecular formula is C18H16N4O. The summed E-state index contributed by atoms with van der Waals surface area (Å²) in [6.45, 7) is 1.16. The molecule has 0 radical (unpaired) electrons. The van der Waals surface area contributed by atoms with Crippen LogP contribution in [0.5, 0.6) is 0 Å². The summed E-state index contributed by atoms with van der Waals surface area (Å²) in [7, 11) is 0. The molecule has 2 aromatic carbocycles. The quantitative estimate of drug-likeness (QED) is 0.628. The molecule has 0 amide bonds. The summed E-state index contributed by atoms with van der Waals surface area (Å²) in [6, 6.07) is 16.3. The van der Waals surface area contributed by atoms with Crippen LogP contribution < -0.4 is 5.73 Å². The second kappa shape index (κ2) is 5.70. The molecule has 2 aromatic heterocycles. The molecule has 0 atom stereocenters. The predicted molar refractivity (Wildman–Crippen MR) is 88.7 cm³/mol. The SMILES string of the molecule is NCc1coc(-c2ccc(Cn3cnc4ccccc43)cc2)n1. The van der Waals surface area contributed by atoms with Gasteiger partial charge in [-0.15, -0.1) is 0 Å². The standard InChI is InChI=1S/C18H16N4O/c19-9-15-11-23-18(21-15)14-7-5-13(6-8-14)10-22-12-20-16-3-1-2-4-17(16)22/h1-8,11-12H,9-10,19H2. The number of benzene rings is 2. The summed E-state index contributed by atoms with van der Waals surface area (Å²) in [4.78, 5) is 8.76. The fourth-order valence-corrected chi connectivity index (χ4v) is 2.62. The zero-order valence-corrected chi connectivity index (χ0v) is 12.5. The topological polar surface area (TPSA) is 69.9 Å². The van der Waals surface area contributed by atoms with Crippen molar-refractivity contribution in [2.24, 2.45) is 5.73 Å². The number of aromatic nitrogens is 3. The average Bonchev–Trinajstić information content (AvgIpc) is 3.23.